The number of rotatable bonds is 2. The van der Waals surface area contributed by atoms with Crippen LogP contribution >= 0.6 is 35.0 Å². The summed E-state index contributed by atoms with van der Waals surface area (Å²) in [5, 5.41) is 10.1. The van der Waals surface area contributed by atoms with E-state index in [0.717, 1.165) is 21.2 Å². The Kier molecular flexibility index (Phi) is 3.52. The van der Waals surface area contributed by atoms with Gasteiger partial charge in [-0.3, -0.25) is 0 Å². The molecule has 2 nitrogen and oxygen atoms in total. The first kappa shape index (κ1) is 13.0. The molecule has 5 heteroatoms. The van der Waals surface area contributed by atoms with Crippen LogP contribution in [0.4, 0.5) is 0 Å². The van der Waals surface area contributed by atoms with Crippen molar-refractivity contribution in [1.82, 2.24) is 0 Å². The van der Waals surface area contributed by atoms with E-state index < -0.39 is 4.87 Å². The van der Waals surface area contributed by atoms with Crippen molar-refractivity contribution >= 4 is 35.0 Å². The van der Waals surface area contributed by atoms with Gasteiger partial charge in [0.1, 0.15) is 5.88 Å². The molecule has 96 valence electrons. The maximum Gasteiger partial charge on any atom is 0.179 e. The van der Waals surface area contributed by atoms with Gasteiger partial charge in [0.05, 0.1) is 0 Å². The zero-order valence-electron chi connectivity index (χ0n) is 9.88. The molecule has 2 aromatic carbocycles. The highest BCUT2D eigenvalue weighted by atomic mass is 35.5. The molecule has 0 aliphatic carbocycles. The van der Waals surface area contributed by atoms with Gasteiger partial charge in [-0.1, -0.05) is 59.2 Å². The maximum absolute atomic E-state index is 5.95. The van der Waals surface area contributed by atoms with Gasteiger partial charge in [-0.15, -0.1) is 0 Å². The first-order valence-electron chi connectivity index (χ1n) is 5.75. The van der Waals surface area contributed by atoms with E-state index in [1.54, 1.807) is 11.8 Å². The summed E-state index contributed by atoms with van der Waals surface area (Å²) < 4.78 is 0. The van der Waals surface area contributed by atoms with E-state index in [4.69, 9.17) is 23.2 Å². The lowest BCUT2D eigenvalue weighted by Gasteiger charge is -2.24. The molecule has 0 saturated heterocycles. The lowest BCUT2D eigenvalue weighted by Crippen LogP contribution is -2.18. The average molecular weight is 309 g/mol. The second-order valence-corrected chi connectivity index (χ2v) is 6.18. The Morgan fingerprint density at radius 2 is 1.32 bits per heavy atom. The van der Waals surface area contributed by atoms with E-state index in [1.807, 2.05) is 48.5 Å². The van der Waals surface area contributed by atoms with Crippen LogP contribution in [0.1, 0.15) is 11.1 Å². The fourth-order valence-electron chi connectivity index (χ4n) is 2.08. The summed E-state index contributed by atoms with van der Waals surface area (Å²) in [4.78, 5) is -0.477. The van der Waals surface area contributed by atoms with Gasteiger partial charge in [0, 0.05) is 10.0 Å². The van der Waals surface area contributed by atoms with Gasteiger partial charge < -0.3 is 0 Å². The summed E-state index contributed by atoms with van der Waals surface area (Å²) in [6.07, 6.45) is 0. The van der Waals surface area contributed by atoms with Crippen LogP contribution < -0.4 is 0 Å². The van der Waals surface area contributed by atoms with Crippen molar-refractivity contribution in [2.75, 3.05) is 5.88 Å². The highest BCUT2D eigenvalue weighted by Gasteiger charge is 2.38. The van der Waals surface area contributed by atoms with Crippen LogP contribution in [0.15, 0.2) is 58.8 Å². The Labute approximate surface area is 125 Å². The quantitative estimate of drug-likeness (QED) is 0.734. The van der Waals surface area contributed by atoms with Crippen LogP contribution in [0.2, 0.25) is 10.0 Å². The largest absolute Gasteiger partial charge is 0.181 e. The molecule has 0 amide bonds. The molecule has 3 rings (SSSR count). The Hall–Kier alpha value is -1.03. The number of benzene rings is 2. The van der Waals surface area contributed by atoms with Crippen LogP contribution in [-0.4, -0.2) is 5.88 Å². The van der Waals surface area contributed by atoms with Crippen LogP contribution in [0.5, 0.6) is 0 Å². The monoisotopic (exact) mass is 308 g/mol. The minimum atomic E-state index is -0.477. The zero-order valence-corrected chi connectivity index (χ0v) is 12.2. The zero-order chi connectivity index (χ0) is 13.3. The smallest absolute Gasteiger partial charge is 0.179 e. The Bertz CT molecular complexity index is 563. The number of nitrogens with zero attached hydrogens (tertiary/aromatic N) is 2. The molecule has 19 heavy (non-hydrogen) atoms. The first-order chi connectivity index (χ1) is 9.21. The maximum atomic E-state index is 5.95. The Morgan fingerprint density at radius 3 is 1.68 bits per heavy atom. The van der Waals surface area contributed by atoms with Crippen molar-refractivity contribution < 1.29 is 0 Å². The number of halogens is 2. The minimum absolute atomic E-state index is 0.477. The SMILES string of the molecule is Clc1ccc(C2(c3ccc(Cl)cc3)N=NCS2)cc1. The third-order valence-corrected chi connectivity index (χ3v) is 4.73. The summed E-state index contributed by atoms with van der Waals surface area (Å²) >= 11 is 13.6. The van der Waals surface area contributed by atoms with Gasteiger partial charge in [0.2, 0.25) is 0 Å². The summed E-state index contributed by atoms with van der Waals surface area (Å²) in [6.45, 7) is 0. The molecule has 0 radical (unpaired) electrons. The van der Waals surface area contributed by atoms with E-state index in [2.05, 4.69) is 10.2 Å². The van der Waals surface area contributed by atoms with Gasteiger partial charge in [0.15, 0.2) is 4.87 Å². The van der Waals surface area contributed by atoms with Crippen LogP contribution in [0, 0.1) is 0 Å². The standard InChI is InChI=1S/C14H10Cl2N2S/c15-12-5-1-10(2-6-12)14(18-17-9-19-14)11-3-7-13(16)8-4-11/h1-8H,9H2. The highest BCUT2D eigenvalue weighted by molar-refractivity contribution is 8.00. The molecule has 0 aromatic heterocycles. The van der Waals surface area contributed by atoms with Crippen LogP contribution in [-0.2, 0) is 4.87 Å². The number of thioether (sulfide) groups is 1. The van der Waals surface area contributed by atoms with Crippen LogP contribution in [0.25, 0.3) is 0 Å². The molecule has 0 unspecified atom stereocenters. The van der Waals surface area contributed by atoms with Crippen molar-refractivity contribution in [3.05, 3.63) is 69.7 Å². The summed E-state index contributed by atoms with van der Waals surface area (Å²) in [5.41, 5.74) is 2.15. The predicted octanol–water partition coefficient (Wildman–Crippen LogP) is 5.35. The molecular weight excluding hydrogens is 299 g/mol. The van der Waals surface area contributed by atoms with Crippen molar-refractivity contribution in [1.29, 1.82) is 0 Å². The van der Waals surface area contributed by atoms with Crippen LogP contribution in [0.3, 0.4) is 0 Å². The van der Waals surface area contributed by atoms with Crippen molar-refractivity contribution in [2.24, 2.45) is 10.2 Å². The molecule has 0 bridgehead atoms. The van der Waals surface area contributed by atoms with E-state index in [0.29, 0.717) is 5.88 Å². The molecule has 0 fully saturated rings. The summed E-state index contributed by atoms with van der Waals surface area (Å²) in [5.74, 6) is 0.658. The molecule has 0 N–H and O–H groups in total. The second-order valence-electron chi connectivity index (χ2n) is 4.17. The fourth-order valence-corrected chi connectivity index (χ4v) is 3.36. The molecule has 0 atom stereocenters. The topological polar surface area (TPSA) is 24.7 Å². The number of hydrogen-bond donors (Lipinski definition) is 0. The average Bonchev–Trinajstić information content (AvgIpc) is 2.91. The van der Waals surface area contributed by atoms with E-state index >= 15 is 0 Å². The van der Waals surface area contributed by atoms with Crippen molar-refractivity contribution in [3.63, 3.8) is 0 Å². The first-order valence-corrected chi connectivity index (χ1v) is 7.49. The Balaban J connectivity index is 2.11. The molecule has 2 aromatic rings. The highest BCUT2D eigenvalue weighted by Crippen LogP contribution is 2.48. The van der Waals surface area contributed by atoms with Gasteiger partial charge in [-0.25, -0.2) is 0 Å². The molecule has 0 saturated carbocycles. The minimum Gasteiger partial charge on any atom is -0.181 e. The molecule has 1 heterocycles. The normalized spacial score (nSPS) is 16.7. The van der Waals surface area contributed by atoms with Gasteiger partial charge in [0.25, 0.3) is 0 Å². The van der Waals surface area contributed by atoms with Gasteiger partial charge in [-0.2, -0.15) is 10.2 Å². The molecular formula is C14H10Cl2N2S. The predicted molar refractivity (Wildman–Crippen MR) is 81.0 cm³/mol. The van der Waals surface area contributed by atoms with Crippen molar-refractivity contribution in [3.8, 4) is 0 Å². The summed E-state index contributed by atoms with van der Waals surface area (Å²) in [7, 11) is 0. The molecule has 1 aliphatic rings. The third kappa shape index (κ3) is 2.38. The lowest BCUT2D eigenvalue weighted by molar-refractivity contribution is 0.757. The van der Waals surface area contributed by atoms with E-state index in [1.165, 1.54) is 0 Å². The lowest BCUT2D eigenvalue weighted by atomic mass is 9.99. The number of azo groups is 1. The van der Waals surface area contributed by atoms with Crippen molar-refractivity contribution in [2.45, 2.75) is 4.87 Å². The summed E-state index contributed by atoms with van der Waals surface area (Å²) in [6, 6.07) is 15.5. The molecule has 1 aliphatic heterocycles. The second kappa shape index (κ2) is 5.16. The van der Waals surface area contributed by atoms with E-state index in [-0.39, 0.29) is 0 Å². The van der Waals surface area contributed by atoms with Gasteiger partial charge in [-0.05, 0) is 35.4 Å². The number of hydrogen-bond acceptors (Lipinski definition) is 3. The Morgan fingerprint density at radius 1 is 0.842 bits per heavy atom. The molecule has 0 spiro atoms. The third-order valence-electron chi connectivity index (χ3n) is 3.01. The van der Waals surface area contributed by atoms with Gasteiger partial charge >= 0.3 is 0 Å². The fraction of sp³-hybridized carbons (Fsp3) is 0.143. The van der Waals surface area contributed by atoms with E-state index in [9.17, 15) is 0 Å².